The standard InChI is InChI=1S/C17H21N3O/c1-13-9-14(2)11-15(10-13)16(21)3-5-19-7-8-20-6-4-18-17(20)12-19/h4,6,9-11H,3,5,7-8,12H2,1-2H3. The molecule has 0 aliphatic carbocycles. The lowest BCUT2D eigenvalue weighted by atomic mass is 10.0. The lowest BCUT2D eigenvalue weighted by molar-refractivity contribution is 0.0955. The molecule has 1 aliphatic rings. The number of rotatable bonds is 4. The zero-order valence-electron chi connectivity index (χ0n) is 12.7. The van der Waals surface area contributed by atoms with Gasteiger partial charge in [0, 0.05) is 44.0 Å². The van der Waals surface area contributed by atoms with Gasteiger partial charge in [0.2, 0.25) is 0 Å². The van der Waals surface area contributed by atoms with Crippen molar-refractivity contribution in [3.05, 3.63) is 53.1 Å². The van der Waals surface area contributed by atoms with E-state index in [4.69, 9.17) is 0 Å². The predicted octanol–water partition coefficient (Wildman–Crippen LogP) is 2.59. The molecule has 0 atom stereocenters. The van der Waals surface area contributed by atoms with Crippen LogP contribution in [-0.2, 0) is 13.1 Å². The molecule has 0 spiro atoms. The molecule has 0 radical (unpaired) electrons. The van der Waals surface area contributed by atoms with Gasteiger partial charge in [-0.2, -0.15) is 0 Å². The maximum Gasteiger partial charge on any atom is 0.164 e. The van der Waals surface area contributed by atoms with E-state index in [0.29, 0.717) is 6.42 Å². The molecule has 1 aliphatic heterocycles. The quantitative estimate of drug-likeness (QED) is 0.810. The average Bonchev–Trinajstić information content (AvgIpc) is 2.91. The third kappa shape index (κ3) is 3.22. The van der Waals surface area contributed by atoms with Crippen molar-refractivity contribution >= 4 is 5.78 Å². The van der Waals surface area contributed by atoms with Crippen LogP contribution >= 0.6 is 0 Å². The van der Waals surface area contributed by atoms with Gasteiger partial charge in [-0.15, -0.1) is 0 Å². The fourth-order valence-electron chi connectivity index (χ4n) is 2.95. The molecule has 110 valence electrons. The summed E-state index contributed by atoms with van der Waals surface area (Å²) >= 11 is 0. The molecule has 1 aromatic carbocycles. The lowest BCUT2D eigenvalue weighted by Gasteiger charge is -2.27. The van der Waals surface area contributed by atoms with Gasteiger partial charge in [-0.05, 0) is 26.0 Å². The highest BCUT2D eigenvalue weighted by molar-refractivity contribution is 5.96. The Bertz CT molecular complexity index is 640. The Balaban J connectivity index is 1.59. The van der Waals surface area contributed by atoms with Crippen molar-refractivity contribution in [1.82, 2.24) is 14.5 Å². The molecular weight excluding hydrogens is 262 g/mol. The van der Waals surface area contributed by atoms with Crippen LogP contribution in [0.1, 0.15) is 33.7 Å². The highest BCUT2D eigenvalue weighted by atomic mass is 16.1. The Morgan fingerprint density at radius 3 is 2.71 bits per heavy atom. The molecule has 0 saturated carbocycles. The molecular formula is C17H21N3O. The van der Waals surface area contributed by atoms with E-state index >= 15 is 0 Å². The molecule has 2 heterocycles. The number of nitrogens with zero attached hydrogens (tertiary/aromatic N) is 3. The summed E-state index contributed by atoms with van der Waals surface area (Å²) in [5.41, 5.74) is 3.14. The fraction of sp³-hybridized carbons (Fsp3) is 0.412. The van der Waals surface area contributed by atoms with Gasteiger partial charge in [0.05, 0.1) is 6.54 Å². The number of fused-ring (bicyclic) bond motifs is 1. The van der Waals surface area contributed by atoms with Gasteiger partial charge in [0.1, 0.15) is 5.82 Å². The van der Waals surface area contributed by atoms with Crippen LogP contribution < -0.4 is 0 Å². The van der Waals surface area contributed by atoms with Gasteiger partial charge in [-0.1, -0.05) is 17.2 Å². The highest BCUT2D eigenvalue weighted by Crippen LogP contribution is 2.14. The van der Waals surface area contributed by atoms with Crippen molar-refractivity contribution in [3.63, 3.8) is 0 Å². The second-order valence-electron chi connectivity index (χ2n) is 5.86. The molecule has 0 bridgehead atoms. The number of hydrogen-bond acceptors (Lipinski definition) is 3. The molecule has 0 N–H and O–H groups in total. The van der Waals surface area contributed by atoms with E-state index in [1.807, 2.05) is 38.4 Å². The first-order valence-corrected chi connectivity index (χ1v) is 7.46. The monoisotopic (exact) mass is 283 g/mol. The topological polar surface area (TPSA) is 38.1 Å². The maximum absolute atomic E-state index is 12.3. The number of ketones is 1. The van der Waals surface area contributed by atoms with Gasteiger partial charge >= 0.3 is 0 Å². The molecule has 1 aromatic heterocycles. The average molecular weight is 283 g/mol. The van der Waals surface area contributed by atoms with Crippen LogP contribution in [0.3, 0.4) is 0 Å². The van der Waals surface area contributed by atoms with Crippen molar-refractivity contribution in [2.75, 3.05) is 13.1 Å². The fourth-order valence-corrected chi connectivity index (χ4v) is 2.95. The van der Waals surface area contributed by atoms with Gasteiger partial charge in [0.15, 0.2) is 5.78 Å². The Morgan fingerprint density at radius 2 is 1.95 bits per heavy atom. The minimum Gasteiger partial charge on any atom is -0.333 e. The van der Waals surface area contributed by atoms with Crippen LogP contribution in [0, 0.1) is 13.8 Å². The van der Waals surface area contributed by atoms with Crippen molar-refractivity contribution in [1.29, 1.82) is 0 Å². The van der Waals surface area contributed by atoms with E-state index in [-0.39, 0.29) is 5.78 Å². The second-order valence-corrected chi connectivity index (χ2v) is 5.86. The molecule has 0 amide bonds. The number of benzene rings is 1. The van der Waals surface area contributed by atoms with Crippen molar-refractivity contribution < 1.29 is 4.79 Å². The molecule has 4 nitrogen and oxygen atoms in total. The third-order valence-electron chi connectivity index (χ3n) is 4.02. The number of carbonyl (C=O) groups is 1. The minimum absolute atomic E-state index is 0.232. The summed E-state index contributed by atoms with van der Waals surface area (Å²) in [6.45, 7) is 7.67. The van der Waals surface area contributed by atoms with E-state index in [2.05, 4.69) is 20.5 Å². The number of hydrogen-bond donors (Lipinski definition) is 0. The van der Waals surface area contributed by atoms with Crippen LogP contribution in [0.4, 0.5) is 0 Å². The van der Waals surface area contributed by atoms with Gasteiger partial charge < -0.3 is 4.57 Å². The summed E-state index contributed by atoms with van der Waals surface area (Å²) in [7, 11) is 0. The van der Waals surface area contributed by atoms with Crippen LogP contribution in [0.5, 0.6) is 0 Å². The largest absolute Gasteiger partial charge is 0.333 e. The predicted molar refractivity (Wildman–Crippen MR) is 82.4 cm³/mol. The normalized spacial score (nSPS) is 15.0. The Labute approximate surface area is 125 Å². The number of Topliss-reactive ketones (excluding diaryl/α,β-unsaturated/α-hetero) is 1. The third-order valence-corrected chi connectivity index (χ3v) is 4.02. The van der Waals surface area contributed by atoms with E-state index < -0.39 is 0 Å². The second kappa shape index (κ2) is 5.82. The summed E-state index contributed by atoms with van der Waals surface area (Å²) in [6, 6.07) is 6.07. The van der Waals surface area contributed by atoms with E-state index in [0.717, 1.165) is 48.7 Å². The Kier molecular flexibility index (Phi) is 3.88. The zero-order valence-corrected chi connectivity index (χ0v) is 12.7. The van der Waals surface area contributed by atoms with Crippen LogP contribution in [-0.4, -0.2) is 33.3 Å². The maximum atomic E-state index is 12.3. The van der Waals surface area contributed by atoms with Crippen molar-refractivity contribution in [2.45, 2.75) is 33.4 Å². The van der Waals surface area contributed by atoms with E-state index in [9.17, 15) is 4.79 Å². The molecule has 21 heavy (non-hydrogen) atoms. The highest BCUT2D eigenvalue weighted by Gasteiger charge is 2.17. The van der Waals surface area contributed by atoms with E-state index in [1.165, 1.54) is 0 Å². The van der Waals surface area contributed by atoms with Gasteiger partial charge in [-0.25, -0.2) is 4.98 Å². The van der Waals surface area contributed by atoms with Gasteiger partial charge in [-0.3, -0.25) is 9.69 Å². The molecule has 2 aromatic rings. The Morgan fingerprint density at radius 1 is 1.19 bits per heavy atom. The first-order valence-electron chi connectivity index (χ1n) is 7.46. The summed E-state index contributed by atoms with van der Waals surface area (Å²) in [6.07, 6.45) is 4.44. The van der Waals surface area contributed by atoms with Crippen LogP contribution in [0.2, 0.25) is 0 Å². The number of aryl methyl sites for hydroxylation is 2. The zero-order chi connectivity index (χ0) is 14.8. The van der Waals surface area contributed by atoms with Crippen LogP contribution in [0.15, 0.2) is 30.6 Å². The number of aromatic nitrogens is 2. The molecule has 3 rings (SSSR count). The van der Waals surface area contributed by atoms with Crippen molar-refractivity contribution in [2.24, 2.45) is 0 Å². The molecule has 0 saturated heterocycles. The first kappa shape index (κ1) is 14.0. The Hall–Kier alpha value is -1.94. The summed E-state index contributed by atoms with van der Waals surface area (Å²) < 4.78 is 2.18. The van der Waals surface area contributed by atoms with E-state index in [1.54, 1.807) is 0 Å². The van der Waals surface area contributed by atoms with Gasteiger partial charge in [0.25, 0.3) is 0 Å². The summed E-state index contributed by atoms with van der Waals surface area (Å²) in [5.74, 6) is 1.33. The smallest absolute Gasteiger partial charge is 0.164 e. The minimum atomic E-state index is 0.232. The van der Waals surface area contributed by atoms with Crippen LogP contribution in [0.25, 0.3) is 0 Å². The number of imidazole rings is 1. The van der Waals surface area contributed by atoms with Crippen molar-refractivity contribution in [3.8, 4) is 0 Å². The summed E-state index contributed by atoms with van der Waals surface area (Å²) in [5, 5.41) is 0. The molecule has 4 heteroatoms. The number of carbonyl (C=O) groups excluding carboxylic acids is 1. The molecule has 0 unspecified atom stereocenters. The molecule has 0 fully saturated rings. The lowest BCUT2D eigenvalue weighted by Crippen LogP contribution is -2.35. The first-order chi connectivity index (χ1) is 10.1. The summed E-state index contributed by atoms with van der Waals surface area (Å²) in [4.78, 5) is 19.0. The SMILES string of the molecule is Cc1cc(C)cc(C(=O)CCN2CCn3ccnc3C2)c1.